The van der Waals surface area contributed by atoms with E-state index in [1.165, 1.54) is 6.08 Å². The predicted octanol–water partition coefficient (Wildman–Crippen LogP) is 3.33. The normalized spacial score (nSPS) is 12.0. The number of carboxylic acids is 1. The van der Waals surface area contributed by atoms with Crippen LogP contribution in [0.25, 0.3) is 10.9 Å². The van der Waals surface area contributed by atoms with Crippen LogP contribution in [0.1, 0.15) is 6.92 Å². The molecule has 2 rings (SSSR count). The Labute approximate surface area is 104 Å². The highest BCUT2D eigenvalue weighted by molar-refractivity contribution is 6.35. The van der Waals surface area contributed by atoms with E-state index in [9.17, 15) is 4.79 Å². The van der Waals surface area contributed by atoms with Gasteiger partial charge in [0, 0.05) is 34.7 Å². The molecule has 88 valence electrons. The van der Waals surface area contributed by atoms with Crippen LogP contribution in [0.15, 0.2) is 42.1 Å². The van der Waals surface area contributed by atoms with Crippen molar-refractivity contribution in [3.05, 3.63) is 47.1 Å². The summed E-state index contributed by atoms with van der Waals surface area (Å²) < 4.78 is 1.98. The molecule has 17 heavy (non-hydrogen) atoms. The van der Waals surface area contributed by atoms with E-state index in [0.717, 1.165) is 16.5 Å². The Morgan fingerprint density at radius 2 is 2.24 bits per heavy atom. The number of allylic oxidation sites excluding steroid dienone is 1. The summed E-state index contributed by atoms with van der Waals surface area (Å²) in [5, 5.41) is 10.4. The van der Waals surface area contributed by atoms with Gasteiger partial charge in [-0.25, -0.2) is 4.79 Å². The molecule has 0 spiro atoms. The van der Waals surface area contributed by atoms with Crippen molar-refractivity contribution in [1.29, 1.82) is 0 Å². The average molecular weight is 250 g/mol. The van der Waals surface area contributed by atoms with Crippen LogP contribution in [0, 0.1) is 0 Å². The van der Waals surface area contributed by atoms with Crippen LogP contribution in [0.4, 0.5) is 0 Å². The van der Waals surface area contributed by atoms with Crippen molar-refractivity contribution in [3.8, 4) is 0 Å². The first-order valence-electron chi connectivity index (χ1n) is 5.21. The fourth-order valence-electron chi connectivity index (χ4n) is 1.85. The van der Waals surface area contributed by atoms with E-state index in [0.29, 0.717) is 11.6 Å². The van der Waals surface area contributed by atoms with E-state index in [-0.39, 0.29) is 0 Å². The molecule has 2 aromatic rings. The van der Waals surface area contributed by atoms with E-state index in [2.05, 4.69) is 0 Å². The van der Waals surface area contributed by atoms with Gasteiger partial charge in [0.1, 0.15) is 0 Å². The minimum absolute atomic E-state index is 0.552. The molecule has 1 aromatic carbocycles. The lowest BCUT2D eigenvalue weighted by Gasteiger charge is -2.05. The highest BCUT2D eigenvalue weighted by Crippen LogP contribution is 2.24. The molecular weight excluding hydrogens is 238 g/mol. The average Bonchev–Trinajstić information content (AvgIpc) is 2.62. The maximum absolute atomic E-state index is 10.5. The van der Waals surface area contributed by atoms with Crippen molar-refractivity contribution in [2.45, 2.75) is 13.5 Å². The molecule has 0 aliphatic heterocycles. The lowest BCUT2D eigenvalue weighted by molar-refractivity contribution is -0.131. The van der Waals surface area contributed by atoms with Gasteiger partial charge in [-0.3, -0.25) is 0 Å². The maximum Gasteiger partial charge on any atom is 0.328 e. The molecule has 0 radical (unpaired) electrons. The number of hydrogen-bond donors (Lipinski definition) is 1. The van der Waals surface area contributed by atoms with Crippen molar-refractivity contribution < 1.29 is 9.90 Å². The minimum atomic E-state index is -0.919. The van der Waals surface area contributed by atoms with E-state index < -0.39 is 5.97 Å². The lowest BCUT2D eigenvalue weighted by atomic mass is 10.2. The van der Waals surface area contributed by atoms with Crippen LogP contribution in [0.2, 0.25) is 5.02 Å². The quantitative estimate of drug-likeness (QED) is 0.848. The van der Waals surface area contributed by atoms with Crippen LogP contribution >= 0.6 is 11.6 Å². The Kier molecular flexibility index (Phi) is 3.20. The second kappa shape index (κ2) is 4.63. The van der Waals surface area contributed by atoms with Crippen molar-refractivity contribution in [3.63, 3.8) is 0 Å². The highest BCUT2D eigenvalue weighted by atomic mass is 35.5. The second-order valence-electron chi connectivity index (χ2n) is 3.95. The molecule has 0 saturated carbocycles. The topological polar surface area (TPSA) is 42.2 Å². The smallest absolute Gasteiger partial charge is 0.328 e. The first kappa shape index (κ1) is 11.7. The minimum Gasteiger partial charge on any atom is -0.478 e. The number of aromatic nitrogens is 1. The standard InChI is InChI=1S/C13H12ClNO2/c1-9(7-13(16)17)8-15-6-5-10-11(14)3-2-4-12(10)15/h2-7H,8H2,1H3,(H,16,17). The third-order valence-electron chi connectivity index (χ3n) is 2.55. The molecule has 1 heterocycles. The Morgan fingerprint density at radius 1 is 1.47 bits per heavy atom. The number of hydrogen-bond acceptors (Lipinski definition) is 1. The molecule has 0 aliphatic carbocycles. The molecule has 0 amide bonds. The first-order valence-corrected chi connectivity index (χ1v) is 5.59. The number of fused-ring (bicyclic) bond motifs is 1. The van der Waals surface area contributed by atoms with Gasteiger partial charge in [-0.05, 0) is 30.7 Å². The number of rotatable bonds is 3. The number of nitrogens with zero attached hydrogens (tertiary/aromatic N) is 1. The molecule has 0 unspecified atom stereocenters. The summed E-state index contributed by atoms with van der Waals surface area (Å²) in [5.74, 6) is -0.919. The number of halogens is 1. The highest BCUT2D eigenvalue weighted by Gasteiger charge is 2.04. The van der Waals surface area contributed by atoms with Gasteiger partial charge in [-0.1, -0.05) is 17.7 Å². The molecule has 4 heteroatoms. The molecule has 0 bridgehead atoms. The Balaban J connectivity index is 2.38. The predicted molar refractivity (Wildman–Crippen MR) is 68.3 cm³/mol. The van der Waals surface area contributed by atoms with Gasteiger partial charge in [-0.2, -0.15) is 0 Å². The molecule has 0 atom stereocenters. The summed E-state index contributed by atoms with van der Waals surface area (Å²) >= 11 is 6.07. The Morgan fingerprint density at radius 3 is 2.94 bits per heavy atom. The van der Waals surface area contributed by atoms with E-state index in [1.54, 1.807) is 6.92 Å². The van der Waals surface area contributed by atoms with Crippen LogP contribution in [-0.2, 0) is 11.3 Å². The number of aliphatic carboxylic acids is 1. The van der Waals surface area contributed by atoms with Crippen molar-refractivity contribution in [1.82, 2.24) is 4.57 Å². The molecule has 1 aromatic heterocycles. The van der Waals surface area contributed by atoms with Gasteiger partial charge in [0.2, 0.25) is 0 Å². The number of carbonyl (C=O) groups is 1. The fourth-order valence-corrected chi connectivity index (χ4v) is 2.08. The van der Waals surface area contributed by atoms with Crippen LogP contribution in [-0.4, -0.2) is 15.6 Å². The SMILES string of the molecule is CC(=CC(=O)O)Cn1ccc2c(Cl)cccc21. The molecule has 0 aliphatic rings. The third-order valence-corrected chi connectivity index (χ3v) is 2.88. The fraction of sp³-hybridized carbons (Fsp3) is 0.154. The zero-order chi connectivity index (χ0) is 12.4. The molecule has 0 fully saturated rings. The number of carboxylic acid groups (broad SMARTS) is 1. The van der Waals surface area contributed by atoms with Crippen LogP contribution < -0.4 is 0 Å². The van der Waals surface area contributed by atoms with Crippen molar-refractivity contribution in [2.24, 2.45) is 0 Å². The largest absolute Gasteiger partial charge is 0.478 e. The van der Waals surface area contributed by atoms with E-state index in [1.807, 2.05) is 35.0 Å². The maximum atomic E-state index is 10.5. The van der Waals surface area contributed by atoms with E-state index in [4.69, 9.17) is 16.7 Å². The summed E-state index contributed by atoms with van der Waals surface area (Å²) in [4.78, 5) is 10.5. The zero-order valence-corrected chi connectivity index (χ0v) is 10.1. The van der Waals surface area contributed by atoms with Gasteiger partial charge in [0.05, 0.1) is 0 Å². The first-order chi connectivity index (χ1) is 8.08. The van der Waals surface area contributed by atoms with Gasteiger partial charge in [-0.15, -0.1) is 0 Å². The van der Waals surface area contributed by atoms with Gasteiger partial charge in [0.15, 0.2) is 0 Å². The molecular formula is C13H12ClNO2. The lowest BCUT2D eigenvalue weighted by Crippen LogP contribution is -1.99. The molecule has 1 N–H and O–H groups in total. The number of benzene rings is 1. The second-order valence-corrected chi connectivity index (χ2v) is 4.35. The summed E-state index contributed by atoms with van der Waals surface area (Å²) in [6, 6.07) is 7.63. The Bertz CT molecular complexity index is 598. The van der Waals surface area contributed by atoms with Crippen LogP contribution in [0.3, 0.4) is 0 Å². The van der Waals surface area contributed by atoms with Gasteiger partial charge >= 0.3 is 5.97 Å². The van der Waals surface area contributed by atoms with Gasteiger partial charge < -0.3 is 9.67 Å². The molecule has 0 saturated heterocycles. The van der Waals surface area contributed by atoms with E-state index >= 15 is 0 Å². The monoisotopic (exact) mass is 249 g/mol. The van der Waals surface area contributed by atoms with Crippen LogP contribution in [0.5, 0.6) is 0 Å². The summed E-state index contributed by atoms with van der Waals surface area (Å²) in [7, 11) is 0. The van der Waals surface area contributed by atoms with Gasteiger partial charge in [0.25, 0.3) is 0 Å². The summed E-state index contributed by atoms with van der Waals surface area (Å²) in [6.45, 7) is 2.35. The summed E-state index contributed by atoms with van der Waals surface area (Å²) in [6.07, 6.45) is 3.13. The zero-order valence-electron chi connectivity index (χ0n) is 9.35. The summed E-state index contributed by atoms with van der Waals surface area (Å²) in [5.41, 5.74) is 1.80. The van der Waals surface area contributed by atoms with Crippen molar-refractivity contribution >= 4 is 28.5 Å². The third kappa shape index (κ3) is 2.50. The Hall–Kier alpha value is -1.74. The van der Waals surface area contributed by atoms with Crippen molar-refractivity contribution in [2.75, 3.05) is 0 Å². The molecule has 3 nitrogen and oxygen atoms in total.